The lowest BCUT2D eigenvalue weighted by Crippen LogP contribution is -2.58. The van der Waals surface area contributed by atoms with Crippen molar-refractivity contribution in [1.29, 1.82) is 0 Å². The van der Waals surface area contributed by atoms with E-state index in [9.17, 15) is 15.0 Å². The minimum atomic E-state index is -0.767. The Hall–Kier alpha value is -3.53. The Labute approximate surface area is 453 Å². The highest BCUT2D eigenvalue weighted by Gasteiger charge is 2.66. The number of aliphatic hydroxyl groups excluding tert-OH is 1. The molecule has 18 rings (SSSR count). The monoisotopic (exact) mass is 1050 g/mol. The number of ether oxygens (including phenoxy) is 2. The summed E-state index contributed by atoms with van der Waals surface area (Å²) in [4.78, 5) is 35.9. The molecule has 1 saturated heterocycles. The van der Waals surface area contributed by atoms with Crippen molar-refractivity contribution in [1.82, 2.24) is 10.2 Å². The Morgan fingerprint density at radius 2 is 1.76 bits per heavy atom. The molecule has 0 aromatic heterocycles. The number of esters is 1. The average molecular weight is 1060 g/mol. The molecule has 14 atom stereocenters. The second kappa shape index (κ2) is 18.5. The molecule has 16 aliphatic rings. The maximum Gasteiger partial charge on any atom is 0.303 e. The van der Waals surface area contributed by atoms with Gasteiger partial charge < -0.3 is 35.6 Å². The Kier molecular flexibility index (Phi) is 12.3. The lowest BCUT2D eigenvalue weighted by molar-refractivity contribution is -0.199. The van der Waals surface area contributed by atoms with Crippen LogP contribution in [0.1, 0.15) is 195 Å². The molecule has 14 unspecified atom stereocenters. The number of aromatic hydroxyl groups is 1. The number of nitrogens with zero attached hydrogens (tertiary/aromatic N) is 2. The third kappa shape index (κ3) is 7.90. The summed E-state index contributed by atoms with van der Waals surface area (Å²) in [7, 11) is 4.14. The van der Waals surface area contributed by atoms with Crippen molar-refractivity contribution in [3.05, 3.63) is 58.7 Å². The number of carbonyl (C=O) groups is 2. The van der Waals surface area contributed by atoms with Crippen molar-refractivity contribution in [3.8, 4) is 23.3 Å². The predicted molar refractivity (Wildman–Crippen MR) is 296 cm³/mol. The number of hydrogen-bond acceptors (Lipinski definition) is 11. The molecule has 5 N–H and O–H groups in total. The molecule has 9 fully saturated rings. The number of rotatable bonds is 2. The van der Waals surface area contributed by atoms with Crippen molar-refractivity contribution in [2.24, 2.45) is 68.4 Å². The van der Waals surface area contributed by atoms with Gasteiger partial charge in [-0.3, -0.25) is 14.6 Å². The van der Waals surface area contributed by atoms with E-state index in [0.29, 0.717) is 73.7 Å². The van der Waals surface area contributed by atoms with Gasteiger partial charge in [0.2, 0.25) is 5.91 Å². The van der Waals surface area contributed by atoms with E-state index < -0.39 is 22.5 Å². The molecule has 8 aliphatic carbocycles. The molecule has 16 bridgehead atoms. The van der Waals surface area contributed by atoms with Crippen LogP contribution in [0.15, 0.2) is 41.4 Å². The maximum atomic E-state index is 15.3. The van der Waals surface area contributed by atoms with Crippen LogP contribution < -0.4 is 15.8 Å². The number of nitrogens with one attached hydrogen (secondary N) is 1. The molecule has 0 radical (unpaired) electrons. The lowest BCUT2D eigenvalue weighted by atomic mass is 9.54. The minimum Gasteiger partial charge on any atom is -0.504 e. The molecule has 8 saturated carbocycles. The molecule has 2 aromatic carbocycles. The predicted octanol–water partition coefficient (Wildman–Crippen LogP) is 11.7. The van der Waals surface area contributed by atoms with Crippen molar-refractivity contribution in [3.63, 3.8) is 0 Å². The smallest absolute Gasteiger partial charge is 0.303 e. The molecule has 10 nitrogen and oxygen atoms in total. The number of guanidine groups is 1. The number of benzene rings is 2. The van der Waals surface area contributed by atoms with Gasteiger partial charge in [-0.05, 0) is 206 Å². The van der Waals surface area contributed by atoms with Gasteiger partial charge in [0.05, 0.1) is 18.1 Å². The first-order valence-corrected chi connectivity index (χ1v) is 32.3. The van der Waals surface area contributed by atoms with Crippen LogP contribution >= 0.6 is 21.6 Å². The van der Waals surface area contributed by atoms with E-state index >= 15 is 4.79 Å². The van der Waals surface area contributed by atoms with Crippen molar-refractivity contribution in [2.45, 2.75) is 208 Å². The lowest BCUT2D eigenvalue weighted by Gasteiger charge is -2.56. The minimum absolute atomic E-state index is 0.00420. The van der Waals surface area contributed by atoms with E-state index in [1.165, 1.54) is 49.7 Å². The van der Waals surface area contributed by atoms with Crippen LogP contribution in [0, 0.1) is 69.5 Å². The molecule has 12 heteroatoms. The van der Waals surface area contributed by atoms with Gasteiger partial charge in [0.15, 0.2) is 17.5 Å². The summed E-state index contributed by atoms with van der Waals surface area (Å²) in [5.74, 6) is 13.2. The Morgan fingerprint density at radius 1 is 0.907 bits per heavy atom. The van der Waals surface area contributed by atoms with Crippen molar-refractivity contribution < 1.29 is 29.3 Å². The Morgan fingerprint density at radius 3 is 2.61 bits per heavy atom. The van der Waals surface area contributed by atoms with Gasteiger partial charge in [0.25, 0.3) is 0 Å². The number of phenols is 1. The van der Waals surface area contributed by atoms with Crippen LogP contribution in [0.3, 0.4) is 0 Å². The number of nitrogens with two attached hydrogens (primary N) is 1. The van der Waals surface area contributed by atoms with Gasteiger partial charge in [-0.2, -0.15) is 0 Å². The Balaban J connectivity index is 0.901. The van der Waals surface area contributed by atoms with E-state index in [1.54, 1.807) is 6.92 Å². The summed E-state index contributed by atoms with van der Waals surface area (Å²) in [6, 6.07) is 13.1. The highest BCUT2D eigenvalue weighted by Crippen LogP contribution is 2.68. The van der Waals surface area contributed by atoms with Crippen LogP contribution in [0.2, 0.25) is 0 Å². The van der Waals surface area contributed by atoms with E-state index in [4.69, 9.17) is 20.2 Å². The summed E-state index contributed by atoms with van der Waals surface area (Å²) < 4.78 is 14.1. The fourth-order valence-corrected chi connectivity index (χ4v) is 24.3. The molecule has 75 heavy (non-hydrogen) atoms. The molecule has 8 aliphatic heterocycles. The third-order valence-electron chi connectivity index (χ3n) is 23.7. The zero-order valence-electron chi connectivity index (χ0n) is 44.6. The van der Waals surface area contributed by atoms with Crippen LogP contribution in [0.25, 0.3) is 0 Å². The highest BCUT2D eigenvalue weighted by atomic mass is 33.1. The molecular formula is C63H82N4O6S2. The largest absolute Gasteiger partial charge is 0.504 e. The van der Waals surface area contributed by atoms with Crippen LogP contribution in [0.4, 0.5) is 0 Å². The van der Waals surface area contributed by atoms with Crippen molar-refractivity contribution in [2.75, 3.05) is 18.8 Å². The molecule has 2 aromatic rings. The average Bonchev–Trinajstić information content (AvgIpc) is 4.34. The number of carbonyl (C=O) groups excluding carboxylic acids is 2. The number of fused-ring (bicyclic) bond motifs is 2. The summed E-state index contributed by atoms with van der Waals surface area (Å²) in [5.41, 5.74) is 9.52. The molecule has 1 amide bonds. The van der Waals surface area contributed by atoms with Gasteiger partial charge in [-0.25, -0.2) is 0 Å². The SMILES string of the molecule is CC(=O)OC12CC(O)C3C4CCC(CC4)CSSC45CCCC46CCC(CC#CC4(CCC(c7ccccc7)C47CC(=O)N(Cc4cc(c8c(c4O)OC49CCCC4CC8CC9)CC1CCC3C2)C7)CN=C(N)N5)C6. The normalized spacial score (nSPS) is 44.6. The van der Waals surface area contributed by atoms with Crippen molar-refractivity contribution >= 4 is 39.4 Å². The van der Waals surface area contributed by atoms with Crippen LogP contribution in [-0.2, 0) is 27.3 Å². The summed E-state index contributed by atoms with van der Waals surface area (Å²) in [6.07, 6.45) is 24.3. The van der Waals surface area contributed by atoms with E-state index in [2.05, 4.69) is 75.1 Å². The molecule has 8 heterocycles. The maximum absolute atomic E-state index is 15.3. The van der Waals surface area contributed by atoms with Crippen LogP contribution in [-0.4, -0.2) is 74.0 Å². The number of aliphatic imine (C=N–C) groups is 1. The first-order chi connectivity index (χ1) is 36.3. The highest BCUT2D eigenvalue weighted by molar-refractivity contribution is 8.77. The molecule has 5 spiro atoms. The standard InChI is InChI=1S/C63H82N4O6S2/c1-39(68)72-62-32-45-16-17-49(62)30-46-28-47(55(71)56-54(46)44-19-27-61(73-56)23-6-11-48(61)29-44)35-67-38-60(34-52(67)70)50(42-9-3-2-4-10-42)20-26-59(60)21-5-8-40-18-25-58(31-40)22-7-24-63(58,66-57(64)65-37-59)75-74-36-41-12-14-43(15-13-41)53(45)51(69)33-62/h2-4,9-10,28,40-41,43-45,48-51,53,69,71H,6-8,11-20,22-27,29-38H2,1H3,(H3,64,65,66). The number of aliphatic hydroxyl groups is 1. The second-order valence-electron chi connectivity index (χ2n) is 27.2. The van der Waals surface area contributed by atoms with Gasteiger partial charge in [0, 0.05) is 72.9 Å². The topological polar surface area (TPSA) is 147 Å². The second-order valence-corrected chi connectivity index (χ2v) is 29.8. The number of hydrogen-bond donors (Lipinski definition) is 4. The quantitative estimate of drug-likeness (QED) is 0.130. The zero-order chi connectivity index (χ0) is 51.0. The van der Waals surface area contributed by atoms with Gasteiger partial charge in [0.1, 0.15) is 16.1 Å². The Bertz CT molecular complexity index is 2700. The fourth-order valence-electron chi connectivity index (χ4n) is 20.4. The van der Waals surface area contributed by atoms with E-state index in [-0.39, 0.29) is 63.7 Å². The number of amides is 1. The summed E-state index contributed by atoms with van der Waals surface area (Å²) in [6.45, 7) is 2.76. The van der Waals surface area contributed by atoms with Gasteiger partial charge in [-0.1, -0.05) is 57.8 Å². The summed E-state index contributed by atoms with van der Waals surface area (Å²) >= 11 is 0. The number of phenolic OH excluding ortho intramolecular Hbond substituents is 1. The third-order valence-corrected chi connectivity index (χ3v) is 27.1. The first-order valence-electron chi connectivity index (χ1n) is 30.0. The van der Waals surface area contributed by atoms with E-state index in [0.717, 1.165) is 120 Å². The summed E-state index contributed by atoms with van der Waals surface area (Å²) in [5, 5.41) is 29.5. The molecule has 402 valence electrons. The van der Waals surface area contributed by atoms with Crippen LogP contribution in [0.5, 0.6) is 11.5 Å². The van der Waals surface area contributed by atoms with Gasteiger partial charge in [-0.15, -0.1) is 5.92 Å². The van der Waals surface area contributed by atoms with Gasteiger partial charge >= 0.3 is 5.97 Å². The first kappa shape index (κ1) is 49.7. The fraction of sp³-hybridized carbons (Fsp3) is 0.730. The van der Waals surface area contributed by atoms with E-state index in [1.807, 2.05) is 4.90 Å². The molecular weight excluding hydrogens is 973 g/mol. The zero-order valence-corrected chi connectivity index (χ0v) is 46.2.